The molecular weight excluding hydrogens is 316 g/mol. The first-order valence-electron chi connectivity index (χ1n) is 7.59. The minimum absolute atomic E-state index is 0. The molecule has 0 unspecified atom stereocenters. The number of carbonyl (C=O) groups excluding carboxylic acids is 1. The number of H-pyrrole nitrogens is 1. The van der Waals surface area contributed by atoms with Gasteiger partial charge in [-0.3, -0.25) is 9.89 Å². The lowest BCUT2D eigenvalue weighted by molar-refractivity contribution is 0.102. The molecule has 2 heterocycles. The third-order valence-electron chi connectivity index (χ3n) is 3.61. The highest BCUT2D eigenvalue weighted by Crippen LogP contribution is 2.19. The number of rotatable bonds is 5. The molecule has 0 atom stereocenters. The van der Waals surface area contributed by atoms with Gasteiger partial charge in [0.15, 0.2) is 5.69 Å². The SMILES string of the molecule is CCCOc1ccc(NC(=O)c2n[nH]c3c2CNCC3)cc1.Cl. The molecule has 124 valence electrons. The summed E-state index contributed by atoms with van der Waals surface area (Å²) in [6.45, 7) is 4.35. The number of nitrogens with one attached hydrogen (secondary N) is 3. The van der Waals surface area contributed by atoms with E-state index in [1.807, 2.05) is 24.3 Å². The van der Waals surface area contributed by atoms with E-state index >= 15 is 0 Å². The summed E-state index contributed by atoms with van der Waals surface area (Å²) in [6.07, 6.45) is 1.84. The summed E-state index contributed by atoms with van der Waals surface area (Å²) in [5.41, 5.74) is 3.21. The third kappa shape index (κ3) is 4.03. The molecule has 6 nitrogen and oxygen atoms in total. The summed E-state index contributed by atoms with van der Waals surface area (Å²) in [6, 6.07) is 7.38. The van der Waals surface area contributed by atoms with Crippen LogP contribution in [0.1, 0.15) is 35.1 Å². The maximum absolute atomic E-state index is 12.4. The lowest BCUT2D eigenvalue weighted by Crippen LogP contribution is -2.25. The van der Waals surface area contributed by atoms with Crippen LogP contribution < -0.4 is 15.4 Å². The van der Waals surface area contributed by atoms with Gasteiger partial charge in [-0.05, 0) is 30.7 Å². The Bertz CT molecular complexity index is 655. The number of hydrogen-bond donors (Lipinski definition) is 3. The molecule has 1 aromatic heterocycles. The van der Waals surface area contributed by atoms with Crippen molar-refractivity contribution in [1.29, 1.82) is 0 Å². The molecule has 1 amide bonds. The molecule has 23 heavy (non-hydrogen) atoms. The van der Waals surface area contributed by atoms with Crippen molar-refractivity contribution in [2.24, 2.45) is 0 Å². The molecule has 0 bridgehead atoms. The molecule has 1 aliphatic heterocycles. The largest absolute Gasteiger partial charge is 0.494 e. The topological polar surface area (TPSA) is 79.0 Å². The number of fused-ring (bicyclic) bond motifs is 1. The summed E-state index contributed by atoms with van der Waals surface area (Å²) in [4.78, 5) is 12.4. The zero-order valence-electron chi connectivity index (χ0n) is 13.0. The van der Waals surface area contributed by atoms with Crippen LogP contribution in [0.25, 0.3) is 0 Å². The van der Waals surface area contributed by atoms with Crippen molar-refractivity contribution in [2.45, 2.75) is 26.3 Å². The Morgan fingerprint density at radius 1 is 1.35 bits per heavy atom. The van der Waals surface area contributed by atoms with Crippen LogP contribution in [0.2, 0.25) is 0 Å². The van der Waals surface area contributed by atoms with Crippen molar-refractivity contribution in [3.8, 4) is 5.75 Å². The van der Waals surface area contributed by atoms with Crippen LogP contribution >= 0.6 is 12.4 Å². The van der Waals surface area contributed by atoms with Crippen molar-refractivity contribution in [2.75, 3.05) is 18.5 Å². The van der Waals surface area contributed by atoms with E-state index in [1.165, 1.54) is 0 Å². The van der Waals surface area contributed by atoms with Gasteiger partial charge in [0.1, 0.15) is 5.75 Å². The first-order chi connectivity index (χ1) is 10.8. The van der Waals surface area contributed by atoms with Gasteiger partial charge in [0.05, 0.1) is 6.61 Å². The number of nitrogens with zero attached hydrogens (tertiary/aromatic N) is 1. The minimum atomic E-state index is -0.191. The Morgan fingerprint density at radius 3 is 2.87 bits per heavy atom. The zero-order chi connectivity index (χ0) is 15.4. The number of anilines is 1. The number of aromatic nitrogens is 2. The Kier molecular flexibility index (Phi) is 6.01. The number of aromatic amines is 1. The number of benzene rings is 1. The molecule has 1 aliphatic rings. The van der Waals surface area contributed by atoms with E-state index in [4.69, 9.17) is 4.74 Å². The third-order valence-corrected chi connectivity index (χ3v) is 3.61. The smallest absolute Gasteiger partial charge is 0.276 e. The Labute approximate surface area is 141 Å². The molecule has 0 saturated heterocycles. The fourth-order valence-electron chi connectivity index (χ4n) is 2.46. The molecule has 0 aliphatic carbocycles. The van der Waals surface area contributed by atoms with E-state index in [9.17, 15) is 4.79 Å². The lowest BCUT2D eigenvalue weighted by Gasteiger charge is -2.13. The van der Waals surface area contributed by atoms with Gasteiger partial charge in [0.2, 0.25) is 0 Å². The number of halogens is 1. The molecule has 0 saturated carbocycles. The Hall–Kier alpha value is -2.05. The first-order valence-corrected chi connectivity index (χ1v) is 7.59. The van der Waals surface area contributed by atoms with Crippen molar-refractivity contribution >= 4 is 24.0 Å². The fraction of sp³-hybridized carbons (Fsp3) is 0.375. The van der Waals surface area contributed by atoms with E-state index in [1.54, 1.807) is 0 Å². The Balaban J connectivity index is 0.00000192. The summed E-state index contributed by atoms with van der Waals surface area (Å²) < 4.78 is 5.52. The Morgan fingerprint density at radius 2 is 2.13 bits per heavy atom. The van der Waals surface area contributed by atoms with Crippen LogP contribution in [0.5, 0.6) is 5.75 Å². The van der Waals surface area contributed by atoms with Crippen molar-refractivity contribution in [1.82, 2.24) is 15.5 Å². The maximum Gasteiger partial charge on any atom is 0.276 e. The summed E-state index contributed by atoms with van der Waals surface area (Å²) in [5.74, 6) is 0.615. The quantitative estimate of drug-likeness (QED) is 0.784. The van der Waals surface area contributed by atoms with Crippen molar-refractivity contribution in [3.05, 3.63) is 41.2 Å². The second-order valence-corrected chi connectivity index (χ2v) is 5.28. The number of ether oxygens (including phenoxy) is 1. The normalized spacial score (nSPS) is 12.9. The maximum atomic E-state index is 12.4. The van der Waals surface area contributed by atoms with Crippen molar-refractivity contribution < 1.29 is 9.53 Å². The van der Waals surface area contributed by atoms with E-state index in [0.717, 1.165) is 42.1 Å². The lowest BCUT2D eigenvalue weighted by atomic mass is 10.1. The predicted octanol–water partition coefficient (Wildman–Crippen LogP) is 2.52. The standard InChI is InChI=1S/C16H20N4O2.ClH/c1-2-9-22-12-5-3-11(4-6-12)18-16(21)15-13-10-17-8-7-14(13)19-20-15;/h3-6,17H,2,7-10H2,1H3,(H,18,21)(H,19,20);1H. The minimum Gasteiger partial charge on any atom is -0.494 e. The molecule has 0 spiro atoms. The zero-order valence-corrected chi connectivity index (χ0v) is 13.8. The van der Waals surface area contributed by atoms with Gasteiger partial charge < -0.3 is 15.4 Å². The van der Waals surface area contributed by atoms with Gasteiger partial charge >= 0.3 is 0 Å². The first kappa shape index (κ1) is 17.3. The van der Waals surface area contributed by atoms with Crippen LogP contribution in [0.15, 0.2) is 24.3 Å². The molecule has 7 heteroatoms. The molecule has 2 aromatic rings. The fourth-order valence-corrected chi connectivity index (χ4v) is 2.46. The number of hydrogen-bond acceptors (Lipinski definition) is 4. The van der Waals surface area contributed by atoms with Gasteiger partial charge in [-0.15, -0.1) is 12.4 Å². The second kappa shape index (κ2) is 7.99. The number of amides is 1. The highest BCUT2D eigenvalue weighted by Gasteiger charge is 2.21. The second-order valence-electron chi connectivity index (χ2n) is 5.28. The van der Waals surface area contributed by atoms with Crippen LogP contribution in [0.4, 0.5) is 5.69 Å². The predicted molar refractivity (Wildman–Crippen MR) is 91.4 cm³/mol. The van der Waals surface area contributed by atoms with Crippen LogP contribution in [-0.4, -0.2) is 29.3 Å². The average Bonchev–Trinajstić information content (AvgIpc) is 2.98. The van der Waals surface area contributed by atoms with E-state index < -0.39 is 0 Å². The molecule has 0 fully saturated rings. The van der Waals surface area contributed by atoms with Gasteiger partial charge in [0, 0.05) is 36.5 Å². The van der Waals surface area contributed by atoms with Gasteiger partial charge in [-0.1, -0.05) is 6.92 Å². The average molecular weight is 337 g/mol. The highest BCUT2D eigenvalue weighted by atomic mass is 35.5. The highest BCUT2D eigenvalue weighted by molar-refractivity contribution is 6.04. The van der Waals surface area contributed by atoms with Gasteiger partial charge in [-0.25, -0.2) is 0 Å². The van der Waals surface area contributed by atoms with Gasteiger partial charge in [0.25, 0.3) is 5.91 Å². The van der Waals surface area contributed by atoms with Crippen LogP contribution in [0, 0.1) is 0 Å². The molecule has 3 rings (SSSR count). The van der Waals surface area contributed by atoms with E-state index in [2.05, 4.69) is 27.8 Å². The number of carbonyl (C=O) groups is 1. The summed E-state index contributed by atoms with van der Waals surface area (Å²) >= 11 is 0. The summed E-state index contributed by atoms with van der Waals surface area (Å²) in [5, 5.41) is 13.2. The summed E-state index contributed by atoms with van der Waals surface area (Å²) in [7, 11) is 0. The molecule has 3 N–H and O–H groups in total. The van der Waals surface area contributed by atoms with Gasteiger partial charge in [-0.2, -0.15) is 5.10 Å². The van der Waals surface area contributed by atoms with Crippen LogP contribution in [0.3, 0.4) is 0 Å². The van der Waals surface area contributed by atoms with E-state index in [-0.39, 0.29) is 18.3 Å². The van der Waals surface area contributed by atoms with Crippen LogP contribution in [-0.2, 0) is 13.0 Å². The molecule has 0 radical (unpaired) electrons. The molecular formula is C16H21ClN4O2. The van der Waals surface area contributed by atoms with Crippen molar-refractivity contribution in [3.63, 3.8) is 0 Å². The van der Waals surface area contributed by atoms with E-state index in [0.29, 0.717) is 18.8 Å². The molecule has 1 aromatic carbocycles. The monoisotopic (exact) mass is 336 g/mol.